The van der Waals surface area contributed by atoms with Gasteiger partial charge >= 0.3 is 5.97 Å². The van der Waals surface area contributed by atoms with Gasteiger partial charge in [0.1, 0.15) is 0 Å². The maximum atomic E-state index is 11.4. The average Bonchev–Trinajstić information content (AvgIpc) is 2.52. The van der Waals surface area contributed by atoms with Crippen LogP contribution in [0.3, 0.4) is 0 Å². The molecule has 0 atom stereocenters. The summed E-state index contributed by atoms with van der Waals surface area (Å²) in [7, 11) is 1.40. The molecular formula is C17H25NO2S. The fourth-order valence-corrected chi connectivity index (χ4v) is 2.87. The Hall–Kier alpha value is -1.26. The second-order valence-electron chi connectivity index (χ2n) is 4.82. The van der Waals surface area contributed by atoms with E-state index in [-0.39, 0.29) is 5.97 Å². The zero-order valence-corrected chi connectivity index (χ0v) is 13.8. The number of esters is 1. The van der Waals surface area contributed by atoms with Gasteiger partial charge in [-0.2, -0.15) is 0 Å². The molecule has 21 heavy (non-hydrogen) atoms. The number of hydrogen-bond acceptors (Lipinski definition) is 4. The number of ether oxygens (including phenoxy) is 1. The molecule has 0 saturated carbocycles. The molecule has 0 aliphatic carbocycles. The molecule has 0 aromatic heterocycles. The van der Waals surface area contributed by atoms with E-state index in [9.17, 15) is 4.79 Å². The molecule has 116 valence electrons. The van der Waals surface area contributed by atoms with Crippen LogP contribution in [-0.4, -0.2) is 30.5 Å². The Labute approximate surface area is 132 Å². The van der Waals surface area contributed by atoms with E-state index in [1.165, 1.54) is 20.0 Å². The minimum atomic E-state index is -0.291. The molecular weight excluding hydrogens is 282 g/mol. The van der Waals surface area contributed by atoms with Gasteiger partial charge in [-0.15, -0.1) is 6.58 Å². The van der Waals surface area contributed by atoms with E-state index in [4.69, 9.17) is 4.74 Å². The molecule has 0 N–H and O–H groups in total. The van der Waals surface area contributed by atoms with Crippen molar-refractivity contribution in [3.63, 3.8) is 0 Å². The standard InChI is InChI=1S/C17H25NO2S/c1-4-6-8-14-18(13-7-5-2)21-16-11-9-15(10-12-16)17(19)20-3/h4,9-12H,1,5-8,13-14H2,2-3H3. The summed E-state index contributed by atoms with van der Waals surface area (Å²) < 4.78 is 7.10. The van der Waals surface area contributed by atoms with Crippen molar-refractivity contribution in [2.75, 3.05) is 20.2 Å². The third-order valence-corrected chi connectivity index (χ3v) is 4.19. The maximum absolute atomic E-state index is 11.4. The first-order valence-electron chi connectivity index (χ1n) is 7.43. The molecule has 4 heteroatoms. The number of rotatable bonds is 10. The van der Waals surface area contributed by atoms with Gasteiger partial charge in [-0.1, -0.05) is 19.4 Å². The zero-order valence-electron chi connectivity index (χ0n) is 13.0. The third-order valence-electron chi connectivity index (χ3n) is 3.09. The van der Waals surface area contributed by atoms with Crippen LogP contribution in [0.5, 0.6) is 0 Å². The Morgan fingerprint density at radius 2 is 1.95 bits per heavy atom. The molecule has 0 bridgehead atoms. The van der Waals surface area contributed by atoms with Crippen molar-refractivity contribution >= 4 is 17.9 Å². The van der Waals surface area contributed by atoms with Gasteiger partial charge in [-0.05, 0) is 55.5 Å². The first-order chi connectivity index (χ1) is 10.2. The topological polar surface area (TPSA) is 29.5 Å². The van der Waals surface area contributed by atoms with Gasteiger partial charge < -0.3 is 4.74 Å². The highest BCUT2D eigenvalue weighted by Crippen LogP contribution is 2.24. The van der Waals surface area contributed by atoms with Gasteiger partial charge in [0.05, 0.1) is 12.7 Å². The van der Waals surface area contributed by atoms with Crippen molar-refractivity contribution in [2.24, 2.45) is 0 Å². The molecule has 0 radical (unpaired) electrons. The van der Waals surface area contributed by atoms with E-state index in [1.54, 1.807) is 11.9 Å². The largest absolute Gasteiger partial charge is 0.465 e. The first-order valence-corrected chi connectivity index (χ1v) is 8.20. The van der Waals surface area contributed by atoms with Gasteiger partial charge in [0.15, 0.2) is 0 Å². The summed E-state index contributed by atoms with van der Waals surface area (Å²) in [5.41, 5.74) is 0.591. The smallest absolute Gasteiger partial charge is 0.337 e. The van der Waals surface area contributed by atoms with E-state index in [0.29, 0.717) is 5.56 Å². The van der Waals surface area contributed by atoms with Crippen molar-refractivity contribution < 1.29 is 9.53 Å². The van der Waals surface area contributed by atoms with Crippen LogP contribution in [0.25, 0.3) is 0 Å². The van der Waals surface area contributed by atoms with Crippen LogP contribution in [0, 0.1) is 0 Å². The summed E-state index contributed by atoms with van der Waals surface area (Å²) in [6.45, 7) is 8.11. The number of allylic oxidation sites excluding steroid dienone is 1. The van der Waals surface area contributed by atoms with E-state index in [1.807, 2.05) is 30.3 Å². The molecule has 1 rings (SSSR count). The predicted molar refractivity (Wildman–Crippen MR) is 89.6 cm³/mol. The fourth-order valence-electron chi connectivity index (χ4n) is 1.87. The quantitative estimate of drug-likeness (QED) is 0.274. The molecule has 0 unspecified atom stereocenters. The summed E-state index contributed by atoms with van der Waals surface area (Å²) >= 11 is 1.75. The van der Waals surface area contributed by atoms with Gasteiger partial charge in [0.2, 0.25) is 0 Å². The molecule has 0 spiro atoms. The normalized spacial score (nSPS) is 10.6. The lowest BCUT2D eigenvalue weighted by atomic mass is 10.2. The summed E-state index contributed by atoms with van der Waals surface area (Å²) in [4.78, 5) is 12.6. The highest BCUT2D eigenvalue weighted by Gasteiger charge is 2.08. The number of nitrogens with zero attached hydrogens (tertiary/aromatic N) is 1. The van der Waals surface area contributed by atoms with Crippen LogP contribution in [-0.2, 0) is 4.74 Å². The molecule has 0 aliphatic rings. The SMILES string of the molecule is C=CCCCN(CCCC)Sc1ccc(C(=O)OC)cc1. The lowest BCUT2D eigenvalue weighted by Gasteiger charge is -2.20. The van der Waals surface area contributed by atoms with Crippen molar-refractivity contribution in [2.45, 2.75) is 37.5 Å². The molecule has 0 amide bonds. The number of unbranched alkanes of at least 4 members (excludes halogenated alkanes) is 2. The summed E-state index contributed by atoms with van der Waals surface area (Å²) in [6.07, 6.45) is 6.53. The maximum Gasteiger partial charge on any atom is 0.337 e. The van der Waals surface area contributed by atoms with Crippen molar-refractivity contribution in [3.05, 3.63) is 42.5 Å². The van der Waals surface area contributed by atoms with Gasteiger partial charge in [0.25, 0.3) is 0 Å². The highest BCUT2D eigenvalue weighted by molar-refractivity contribution is 7.97. The second-order valence-corrected chi connectivity index (χ2v) is 5.99. The Bertz CT molecular complexity index is 431. The predicted octanol–water partition coefficient (Wildman–Crippen LogP) is 4.55. The first kappa shape index (κ1) is 17.8. The lowest BCUT2D eigenvalue weighted by molar-refractivity contribution is 0.0600. The Morgan fingerprint density at radius 3 is 2.52 bits per heavy atom. The number of carbonyl (C=O) groups is 1. The van der Waals surface area contributed by atoms with Gasteiger partial charge in [-0.25, -0.2) is 9.10 Å². The van der Waals surface area contributed by atoms with Crippen LogP contribution in [0.2, 0.25) is 0 Å². The lowest BCUT2D eigenvalue weighted by Crippen LogP contribution is -2.18. The molecule has 1 aromatic rings. The van der Waals surface area contributed by atoms with Gasteiger partial charge in [-0.3, -0.25) is 0 Å². The van der Waals surface area contributed by atoms with E-state index in [2.05, 4.69) is 17.8 Å². The summed E-state index contributed by atoms with van der Waals surface area (Å²) in [5, 5.41) is 0. The van der Waals surface area contributed by atoms with Crippen LogP contribution in [0.15, 0.2) is 41.8 Å². The molecule has 1 aromatic carbocycles. The number of carbonyl (C=O) groups excluding carboxylic acids is 1. The average molecular weight is 307 g/mol. The van der Waals surface area contributed by atoms with Crippen LogP contribution < -0.4 is 0 Å². The monoisotopic (exact) mass is 307 g/mol. The molecule has 0 fully saturated rings. The van der Waals surface area contributed by atoms with Crippen molar-refractivity contribution in [1.29, 1.82) is 0 Å². The minimum Gasteiger partial charge on any atom is -0.465 e. The molecule has 0 saturated heterocycles. The van der Waals surface area contributed by atoms with E-state index < -0.39 is 0 Å². The van der Waals surface area contributed by atoms with Crippen LogP contribution in [0.1, 0.15) is 43.0 Å². The Morgan fingerprint density at radius 1 is 1.29 bits per heavy atom. The molecule has 0 heterocycles. The van der Waals surface area contributed by atoms with E-state index >= 15 is 0 Å². The zero-order chi connectivity index (χ0) is 15.5. The summed E-state index contributed by atoms with van der Waals surface area (Å²) in [5.74, 6) is -0.291. The fraction of sp³-hybridized carbons (Fsp3) is 0.471. The number of methoxy groups -OCH3 is 1. The van der Waals surface area contributed by atoms with E-state index in [0.717, 1.165) is 30.8 Å². The molecule has 0 aliphatic heterocycles. The Kier molecular flexibility index (Phi) is 8.87. The number of benzene rings is 1. The van der Waals surface area contributed by atoms with Crippen LogP contribution >= 0.6 is 11.9 Å². The van der Waals surface area contributed by atoms with Gasteiger partial charge in [0, 0.05) is 18.0 Å². The Balaban J connectivity index is 2.59. The van der Waals surface area contributed by atoms with Crippen molar-refractivity contribution in [1.82, 2.24) is 4.31 Å². The minimum absolute atomic E-state index is 0.291. The molecule has 3 nitrogen and oxygen atoms in total. The highest BCUT2D eigenvalue weighted by atomic mass is 32.2. The second kappa shape index (κ2) is 10.5. The third kappa shape index (κ3) is 6.82. The number of hydrogen-bond donors (Lipinski definition) is 0. The van der Waals surface area contributed by atoms with Crippen LogP contribution in [0.4, 0.5) is 0 Å². The summed E-state index contributed by atoms with van der Waals surface area (Å²) in [6, 6.07) is 7.58. The van der Waals surface area contributed by atoms with Crippen molar-refractivity contribution in [3.8, 4) is 0 Å².